The second-order valence-electron chi connectivity index (χ2n) is 17.4. The van der Waals surface area contributed by atoms with E-state index < -0.39 is 0 Å². The third-order valence-corrected chi connectivity index (χ3v) is 14.9. The van der Waals surface area contributed by atoms with Crippen molar-refractivity contribution in [3.63, 3.8) is 0 Å². The molecule has 0 fully saturated rings. The molecule has 1 aliphatic carbocycles. The fourth-order valence-electron chi connectivity index (χ4n) is 10.6. The number of rotatable bonds is 4. The third kappa shape index (κ3) is 5.86. The van der Waals surface area contributed by atoms with E-state index in [0.717, 1.165) is 61.6 Å². The van der Waals surface area contributed by atoms with E-state index in [4.69, 9.17) is 19.4 Å². The van der Waals surface area contributed by atoms with Crippen LogP contribution in [0.15, 0.2) is 199 Å². The van der Waals surface area contributed by atoms with Crippen LogP contribution in [0.4, 0.5) is 0 Å². The van der Waals surface area contributed by atoms with Crippen molar-refractivity contribution >= 4 is 85.8 Å². The van der Waals surface area contributed by atoms with Gasteiger partial charge in [0.25, 0.3) is 0 Å². The number of hydrogen-bond donors (Lipinski definition) is 0. The molecule has 0 aliphatic heterocycles. The van der Waals surface area contributed by atoms with Gasteiger partial charge in [0.15, 0.2) is 17.5 Å². The van der Waals surface area contributed by atoms with Crippen molar-refractivity contribution in [3.05, 3.63) is 211 Å². The number of benzene rings is 10. The Kier molecular flexibility index (Phi) is 8.01. The summed E-state index contributed by atoms with van der Waals surface area (Å²) in [5.41, 5.74) is 11.0. The number of aryl methyl sites for hydroxylation is 1. The Morgan fingerprint density at radius 1 is 0.431 bits per heavy atom. The average molecular weight is 848 g/mol. The third-order valence-electron chi connectivity index (χ3n) is 13.7. The average Bonchev–Trinajstić information content (AvgIpc) is 3.89. The van der Waals surface area contributed by atoms with Gasteiger partial charge in [0, 0.05) is 53.6 Å². The van der Waals surface area contributed by atoms with E-state index in [1.807, 2.05) is 6.07 Å². The molecule has 0 saturated carbocycles. The smallest absolute Gasteiger partial charge is 0.165 e. The van der Waals surface area contributed by atoms with Crippen LogP contribution in [-0.4, -0.2) is 15.0 Å². The van der Waals surface area contributed by atoms with Gasteiger partial charge in [0.2, 0.25) is 0 Å². The van der Waals surface area contributed by atoms with Crippen LogP contribution in [0.5, 0.6) is 0 Å². The molecular weight excluding hydrogens is 811 g/mol. The second kappa shape index (κ2) is 14.3. The van der Waals surface area contributed by atoms with Crippen molar-refractivity contribution in [2.45, 2.75) is 18.8 Å². The number of hydrogen-bond acceptors (Lipinski definition) is 5. The normalized spacial score (nSPS) is 13.9. The highest BCUT2D eigenvalue weighted by Gasteiger charge is 2.28. The zero-order valence-corrected chi connectivity index (χ0v) is 35.9. The van der Waals surface area contributed by atoms with Crippen LogP contribution in [0.2, 0.25) is 0 Å². The molecule has 1 unspecified atom stereocenters. The molecule has 1 aliphatic rings. The minimum absolute atomic E-state index is 0.0649. The van der Waals surface area contributed by atoms with Crippen LogP contribution < -0.4 is 0 Å². The Bertz CT molecular complexity index is 4110. The lowest BCUT2D eigenvalue weighted by molar-refractivity contribution is 0.665. The predicted molar refractivity (Wildman–Crippen MR) is 271 cm³/mol. The standard InChI is InChI=1S/C60H37N3OS/c1-2-13-36-29-42(25-24-35(36)12-1)58-61-59(48-21-11-20-46-45-18-8-10-23-55(45)65-57(46)48)63-60(62-58)52-33-43(34-54-56(52)47-19-7-9-22-53(47)64-54)44-27-26-41-28-37-14-3-4-15-38(37)30-49(41)51-32-40-17-6-5-16-39(40)31-50(44)51/h1-25,28-34,44H,26-27H2. The van der Waals surface area contributed by atoms with Crippen molar-refractivity contribution in [1.82, 2.24) is 15.0 Å². The Hall–Kier alpha value is -7.99. The lowest BCUT2D eigenvalue weighted by Gasteiger charge is -2.21. The highest BCUT2D eigenvalue weighted by Crippen LogP contribution is 2.48. The zero-order chi connectivity index (χ0) is 42.6. The quantitative estimate of drug-likeness (QED) is 0.177. The molecule has 0 radical (unpaired) electrons. The van der Waals surface area contributed by atoms with Gasteiger partial charge in [0.1, 0.15) is 11.2 Å². The molecule has 0 amide bonds. The van der Waals surface area contributed by atoms with E-state index in [0.29, 0.717) is 17.5 Å². The van der Waals surface area contributed by atoms with Gasteiger partial charge in [-0.25, -0.2) is 15.0 Å². The molecule has 5 heteroatoms. The van der Waals surface area contributed by atoms with E-state index in [9.17, 15) is 0 Å². The lowest BCUT2D eigenvalue weighted by Crippen LogP contribution is -2.05. The van der Waals surface area contributed by atoms with Gasteiger partial charge >= 0.3 is 0 Å². The Balaban J connectivity index is 1.04. The highest BCUT2D eigenvalue weighted by molar-refractivity contribution is 7.26. The summed E-state index contributed by atoms with van der Waals surface area (Å²) in [6.45, 7) is 0. The van der Waals surface area contributed by atoms with E-state index in [1.165, 1.54) is 70.2 Å². The van der Waals surface area contributed by atoms with Crippen molar-refractivity contribution in [2.75, 3.05) is 0 Å². The molecule has 3 heterocycles. The highest BCUT2D eigenvalue weighted by atomic mass is 32.1. The number of aromatic nitrogens is 3. The van der Waals surface area contributed by atoms with E-state index in [1.54, 1.807) is 11.3 Å². The molecule has 65 heavy (non-hydrogen) atoms. The molecule has 4 nitrogen and oxygen atoms in total. The first-order chi connectivity index (χ1) is 32.2. The maximum atomic E-state index is 6.85. The topological polar surface area (TPSA) is 51.8 Å². The molecular formula is C60H37N3OS. The summed E-state index contributed by atoms with van der Waals surface area (Å²) < 4.78 is 9.25. The predicted octanol–water partition coefficient (Wildman–Crippen LogP) is 16.3. The van der Waals surface area contributed by atoms with Crippen LogP contribution in [0.25, 0.3) is 120 Å². The van der Waals surface area contributed by atoms with Crippen molar-refractivity contribution < 1.29 is 4.42 Å². The fourth-order valence-corrected chi connectivity index (χ4v) is 11.8. The van der Waals surface area contributed by atoms with Crippen LogP contribution in [0, 0.1) is 0 Å². The van der Waals surface area contributed by atoms with Gasteiger partial charge in [-0.2, -0.15) is 0 Å². The first-order valence-corrected chi connectivity index (χ1v) is 23.1. The molecule has 3 aromatic heterocycles. The molecule has 10 aromatic carbocycles. The van der Waals surface area contributed by atoms with Gasteiger partial charge in [-0.15, -0.1) is 11.3 Å². The maximum Gasteiger partial charge on any atom is 0.165 e. The maximum absolute atomic E-state index is 6.85. The number of furan rings is 1. The second-order valence-corrected chi connectivity index (χ2v) is 18.5. The Morgan fingerprint density at radius 3 is 1.88 bits per heavy atom. The number of fused-ring (bicyclic) bond motifs is 12. The Labute approximate surface area is 378 Å². The number of para-hydroxylation sites is 1. The van der Waals surface area contributed by atoms with Gasteiger partial charge in [-0.1, -0.05) is 140 Å². The number of thiophene rings is 1. The van der Waals surface area contributed by atoms with Crippen LogP contribution in [0.1, 0.15) is 29.0 Å². The van der Waals surface area contributed by atoms with Crippen molar-refractivity contribution in [3.8, 4) is 45.3 Å². The first-order valence-electron chi connectivity index (χ1n) is 22.3. The molecule has 0 spiro atoms. The molecule has 0 N–H and O–H groups in total. The van der Waals surface area contributed by atoms with Gasteiger partial charge in [0.05, 0.1) is 0 Å². The Morgan fingerprint density at radius 2 is 1.06 bits per heavy atom. The van der Waals surface area contributed by atoms with Gasteiger partial charge in [-0.3, -0.25) is 0 Å². The van der Waals surface area contributed by atoms with Crippen molar-refractivity contribution in [2.24, 2.45) is 0 Å². The minimum atomic E-state index is 0.0649. The zero-order valence-electron chi connectivity index (χ0n) is 35.1. The van der Waals surface area contributed by atoms with E-state index in [2.05, 4.69) is 188 Å². The monoisotopic (exact) mass is 847 g/mol. The lowest BCUT2D eigenvalue weighted by atomic mass is 9.83. The van der Waals surface area contributed by atoms with E-state index >= 15 is 0 Å². The summed E-state index contributed by atoms with van der Waals surface area (Å²) in [5.74, 6) is 1.97. The summed E-state index contributed by atoms with van der Waals surface area (Å²) in [6.07, 6.45) is 1.87. The molecule has 14 rings (SSSR count). The molecule has 0 bridgehead atoms. The van der Waals surface area contributed by atoms with E-state index in [-0.39, 0.29) is 5.92 Å². The van der Waals surface area contributed by atoms with Gasteiger partial charge in [-0.05, 0) is 128 Å². The van der Waals surface area contributed by atoms with Crippen LogP contribution >= 0.6 is 11.3 Å². The molecule has 13 aromatic rings. The summed E-state index contributed by atoms with van der Waals surface area (Å²) >= 11 is 1.79. The summed E-state index contributed by atoms with van der Waals surface area (Å²) in [6, 6.07) is 70.3. The van der Waals surface area contributed by atoms with Crippen LogP contribution in [-0.2, 0) is 6.42 Å². The number of nitrogens with zero attached hydrogens (tertiary/aromatic N) is 3. The molecule has 304 valence electrons. The van der Waals surface area contributed by atoms with Crippen LogP contribution in [0.3, 0.4) is 0 Å². The van der Waals surface area contributed by atoms with Gasteiger partial charge < -0.3 is 4.42 Å². The fraction of sp³-hybridized carbons (Fsp3) is 0.0500. The SMILES string of the molecule is c1ccc2cc(-c3nc(-c4cccc5c4sc4ccccc45)nc(-c4cc(C5CCc6cc7ccccc7cc6-c6cc7ccccc7cc65)cc5oc6ccccc6c45)n3)ccc2c1. The summed E-state index contributed by atoms with van der Waals surface area (Å²) in [5, 5.41) is 11.8. The molecule has 1 atom stereocenters. The summed E-state index contributed by atoms with van der Waals surface area (Å²) in [4.78, 5) is 16.3. The summed E-state index contributed by atoms with van der Waals surface area (Å²) in [7, 11) is 0. The largest absolute Gasteiger partial charge is 0.456 e. The first kappa shape index (κ1) is 36.5. The van der Waals surface area contributed by atoms with Crippen molar-refractivity contribution in [1.29, 1.82) is 0 Å². The molecule has 0 saturated heterocycles. The minimum Gasteiger partial charge on any atom is -0.456 e.